The molecule has 262 valence electrons. The molecule has 6 heteroatoms. The maximum atomic E-state index is 11.9. The molecule has 2 N–H and O–H groups in total. The van der Waals surface area contributed by atoms with Gasteiger partial charge >= 0.3 is 6.16 Å². The lowest BCUT2D eigenvalue weighted by Gasteiger charge is -2.23. The van der Waals surface area contributed by atoms with Gasteiger partial charge in [-0.1, -0.05) is 156 Å². The Labute approximate surface area is 277 Å². The standard InChI is InChI=1S/C39H70O6/c1-5-9-13-17-19-21-25-29-33-34(30-26-22-20-18-14-10-6-2)36(43-31-27-23-15-11-7-3)38(37(35(33)40)45-39(41)42)44-32-28-24-16-12-8-4/h40H,5-32H2,1-4H3,(H,41,42). The first-order valence-corrected chi connectivity index (χ1v) is 19.1. The minimum atomic E-state index is -1.45. The number of ether oxygens (including phenoxy) is 3. The van der Waals surface area contributed by atoms with Gasteiger partial charge in [0, 0.05) is 11.1 Å². The van der Waals surface area contributed by atoms with Crippen LogP contribution in [-0.2, 0) is 12.8 Å². The molecule has 0 atom stereocenters. The van der Waals surface area contributed by atoms with Crippen LogP contribution in [0.1, 0.15) is 193 Å². The van der Waals surface area contributed by atoms with Crippen LogP contribution in [0.4, 0.5) is 4.79 Å². The van der Waals surface area contributed by atoms with Crippen LogP contribution in [0.15, 0.2) is 0 Å². The molecule has 45 heavy (non-hydrogen) atoms. The normalized spacial score (nSPS) is 11.2. The first-order valence-electron chi connectivity index (χ1n) is 19.1. The van der Waals surface area contributed by atoms with Crippen molar-refractivity contribution in [2.24, 2.45) is 0 Å². The number of hydrogen-bond acceptors (Lipinski definition) is 5. The lowest BCUT2D eigenvalue weighted by Crippen LogP contribution is -2.12. The smallest absolute Gasteiger partial charge is 0.504 e. The van der Waals surface area contributed by atoms with Crippen molar-refractivity contribution < 1.29 is 29.2 Å². The van der Waals surface area contributed by atoms with E-state index in [-0.39, 0.29) is 17.2 Å². The van der Waals surface area contributed by atoms with Gasteiger partial charge in [-0.15, -0.1) is 0 Å². The van der Waals surface area contributed by atoms with E-state index < -0.39 is 6.16 Å². The number of unbranched alkanes of at least 4 members (excludes halogenated alkanes) is 20. The number of phenolic OH excluding ortho intramolecular Hbond substituents is 1. The molecule has 0 saturated heterocycles. The Balaban J connectivity index is 3.35. The molecule has 0 fully saturated rings. The number of carbonyl (C=O) groups is 1. The third-order valence-corrected chi connectivity index (χ3v) is 8.79. The number of benzene rings is 1. The van der Waals surface area contributed by atoms with Gasteiger partial charge in [-0.05, 0) is 38.5 Å². The highest BCUT2D eigenvalue weighted by Crippen LogP contribution is 2.51. The van der Waals surface area contributed by atoms with E-state index in [4.69, 9.17) is 14.2 Å². The molecule has 0 aliphatic heterocycles. The van der Waals surface area contributed by atoms with E-state index in [1.807, 2.05) is 0 Å². The second kappa shape index (κ2) is 28.1. The first-order chi connectivity index (χ1) is 22.0. The van der Waals surface area contributed by atoms with Crippen LogP contribution in [0.5, 0.6) is 23.0 Å². The summed E-state index contributed by atoms with van der Waals surface area (Å²) in [6.07, 6.45) is 27.6. The second-order valence-corrected chi connectivity index (χ2v) is 12.9. The van der Waals surface area contributed by atoms with E-state index >= 15 is 0 Å². The Kier molecular flexibility index (Phi) is 25.6. The number of hydrogen-bond donors (Lipinski definition) is 2. The highest BCUT2D eigenvalue weighted by molar-refractivity contribution is 5.72. The Bertz CT molecular complexity index is 868. The predicted octanol–water partition coefficient (Wildman–Crippen LogP) is 12.7. The van der Waals surface area contributed by atoms with Crippen molar-refractivity contribution in [3.63, 3.8) is 0 Å². The zero-order valence-electron chi connectivity index (χ0n) is 29.8. The van der Waals surface area contributed by atoms with E-state index in [0.717, 1.165) is 75.3 Å². The average Bonchev–Trinajstić information content (AvgIpc) is 3.02. The van der Waals surface area contributed by atoms with E-state index in [0.29, 0.717) is 25.4 Å². The maximum absolute atomic E-state index is 11.9. The fourth-order valence-corrected chi connectivity index (χ4v) is 6.04. The van der Waals surface area contributed by atoms with Gasteiger partial charge < -0.3 is 24.4 Å². The van der Waals surface area contributed by atoms with Gasteiger partial charge in [0.25, 0.3) is 0 Å². The third-order valence-electron chi connectivity index (χ3n) is 8.79. The summed E-state index contributed by atoms with van der Waals surface area (Å²) in [6.45, 7) is 9.85. The quantitative estimate of drug-likeness (QED) is 0.0480. The summed E-state index contributed by atoms with van der Waals surface area (Å²) >= 11 is 0. The molecule has 1 aromatic carbocycles. The van der Waals surface area contributed by atoms with Crippen LogP contribution in [0, 0.1) is 0 Å². The van der Waals surface area contributed by atoms with Crippen molar-refractivity contribution in [3.8, 4) is 23.0 Å². The average molecular weight is 635 g/mol. The first kappa shape index (κ1) is 40.9. The van der Waals surface area contributed by atoms with Crippen molar-refractivity contribution >= 4 is 6.16 Å². The van der Waals surface area contributed by atoms with Crippen molar-refractivity contribution in [2.75, 3.05) is 13.2 Å². The van der Waals surface area contributed by atoms with Crippen LogP contribution < -0.4 is 14.2 Å². The van der Waals surface area contributed by atoms with Crippen molar-refractivity contribution in [2.45, 2.75) is 195 Å². The Hall–Kier alpha value is -2.11. The summed E-state index contributed by atoms with van der Waals surface area (Å²) in [4.78, 5) is 11.9. The second-order valence-electron chi connectivity index (χ2n) is 12.9. The molecule has 0 amide bonds. The molecule has 1 rings (SSSR count). The highest BCUT2D eigenvalue weighted by atomic mass is 16.7. The minimum absolute atomic E-state index is 0.0855. The number of aromatic hydroxyl groups is 1. The lowest BCUT2D eigenvalue weighted by molar-refractivity contribution is 0.139. The molecule has 0 bridgehead atoms. The molecule has 0 heterocycles. The van der Waals surface area contributed by atoms with E-state index in [9.17, 15) is 15.0 Å². The molecule has 0 spiro atoms. The zero-order chi connectivity index (χ0) is 33.0. The van der Waals surface area contributed by atoms with Crippen molar-refractivity contribution in [3.05, 3.63) is 11.1 Å². The Morgan fingerprint density at radius 2 is 0.822 bits per heavy atom. The van der Waals surface area contributed by atoms with E-state index in [1.54, 1.807) is 0 Å². The fourth-order valence-electron chi connectivity index (χ4n) is 6.04. The van der Waals surface area contributed by atoms with Crippen LogP contribution in [0.2, 0.25) is 0 Å². The summed E-state index contributed by atoms with van der Waals surface area (Å²) in [6, 6.07) is 0. The number of rotatable bonds is 31. The molecule has 0 saturated carbocycles. The summed E-state index contributed by atoms with van der Waals surface area (Å²) in [5.41, 5.74) is 1.77. The van der Waals surface area contributed by atoms with Gasteiger partial charge in [0.15, 0.2) is 11.5 Å². The van der Waals surface area contributed by atoms with Crippen LogP contribution in [0.25, 0.3) is 0 Å². The molecule has 0 aromatic heterocycles. The fraction of sp³-hybridized carbons (Fsp3) is 0.821. The summed E-state index contributed by atoms with van der Waals surface area (Å²) in [5, 5.41) is 21.3. The molecule has 0 unspecified atom stereocenters. The molecule has 0 radical (unpaired) electrons. The highest BCUT2D eigenvalue weighted by Gasteiger charge is 2.29. The van der Waals surface area contributed by atoms with Gasteiger partial charge in [0.1, 0.15) is 0 Å². The Morgan fingerprint density at radius 3 is 1.24 bits per heavy atom. The SMILES string of the molecule is CCCCCCCCCc1c(O)c(OC(=O)O)c(OCCCCCCC)c(OCCCCCCC)c1CCCCCCCCC. The molecule has 0 aliphatic carbocycles. The van der Waals surface area contributed by atoms with Crippen molar-refractivity contribution in [1.29, 1.82) is 0 Å². The van der Waals surface area contributed by atoms with Gasteiger partial charge in [-0.3, -0.25) is 0 Å². The molecule has 0 aliphatic rings. The van der Waals surface area contributed by atoms with Gasteiger partial charge in [-0.2, -0.15) is 0 Å². The van der Waals surface area contributed by atoms with Crippen LogP contribution in [-0.4, -0.2) is 29.6 Å². The van der Waals surface area contributed by atoms with Gasteiger partial charge in [-0.25, -0.2) is 4.79 Å². The minimum Gasteiger partial charge on any atom is -0.504 e. The summed E-state index contributed by atoms with van der Waals surface area (Å²) < 4.78 is 18.1. The molecule has 1 aromatic rings. The molecular formula is C39H70O6. The lowest BCUT2D eigenvalue weighted by atomic mass is 9.93. The maximum Gasteiger partial charge on any atom is 0.511 e. The summed E-state index contributed by atoms with van der Waals surface area (Å²) in [7, 11) is 0. The van der Waals surface area contributed by atoms with Crippen LogP contribution in [0.3, 0.4) is 0 Å². The van der Waals surface area contributed by atoms with Gasteiger partial charge in [0.05, 0.1) is 13.2 Å². The topological polar surface area (TPSA) is 85.2 Å². The number of carboxylic acid groups (broad SMARTS) is 1. The van der Waals surface area contributed by atoms with E-state index in [1.165, 1.54) is 96.3 Å². The molecule has 6 nitrogen and oxygen atoms in total. The Morgan fingerprint density at radius 1 is 0.467 bits per heavy atom. The zero-order valence-corrected chi connectivity index (χ0v) is 29.8. The third kappa shape index (κ3) is 18.6. The molecular weight excluding hydrogens is 564 g/mol. The number of phenols is 1. The van der Waals surface area contributed by atoms with Crippen LogP contribution >= 0.6 is 0 Å². The van der Waals surface area contributed by atoms with Gasteiger partial charge in [0.2, 0.25) is 11.5 Å². The van der Waals surface area contributed by atoms with Crippen molar-refractivity contribution in [1.82, 2.24) is 0 Å². The summed E-state index contributed by atoms with van der Waals surface area (Å²) in [5.74, 6) is 0.674. The monoisotopic (exact) mass is 635 g/mol. The predicted molar refractivity (Wildman–Crippen MR) is 189 cm³/mol. The largest absolute Gasteiger partial charge is 0.511 e. The van der Waals surface area contributed by atoms with E-state index in [2.05, 4.69) is 27.7 Å².